The second-order valence-electron chi connectivity index (χ2n) is 7.90. The molecule has 5 heteroatoms. The number of H-pyrrole nitrogens is 1. The molecule has 122 valence electrons. The number of hydrogen-bond donors (Lipinski definition) is 3. The molecule has 2 aromatic rings. The number of carbonyl (C=O) groups is 1. The number of nitrogens with one attached hydrogen (secondary N) is 2. The Labute approximate surface area is 135 Å². The minimum Gasteiger partial charge on any atom is -0.478 e. The number of aromatic amines is 1. The lowest BCUT2D eigenvalue weighted by Crippen LogP contribution is -2.40. The van der Waals surface area contributed by atoms with Crippen LogP contribution in [0.4, 0.5) is 5.69 Å². The van der Waals surface area contributed by atoms with Crippen molar-refractivity contribution in [3.8, 4) is 0 Å². The summed E-state index contributed by atoms with van der Waals surface area (Å²) < 4.78 is 0. The van der Waals surface area contributed by atoms with Gasteiger partial charge in [0.1, 0.15) is 11.2 Å². The van der Waals surface area contributed by atoms with E-state index in [0.717, 1.165) is 17.5 Å². The number of hydrogen-bond acceptors (Lipinski definition) is 3. The molecule has 0 aliphatic heterocycles. The van der Waals surface area contributed by atoms with Crippen molar-refractivity contribution < 1.29 is 9.90 Å². The molecule has 0 radical (unpaired) electrons. The van der Waals surface area contributed by atoms with Gasteiger partial charge in [-0.25, -0.2) is 9.78 Å². The molecule has 23 heavy (non-hydrogen) atoms. The molecular formula is C18H23N3O2. The Bertz CT molecular complexity index is 795. The predicted molar refractivity (Wildman–Crippen MR) is 89.7 cm³/mol. The van der Waals surface area contributed by atoms with Gasteiger partial charge in [0.2, 0.25) is 0 Å². The van der Waals surface area contributed by atoms with Crippen LogP contribution in [-0.4, -0.2) is 27.1 Å². The summed E-state index contributed by atoms with van der Waals surface area (Å²) in [7, 11) is 0. The van der Waals surface area contributed by atoms with E-state index in [1.807, 2.05) is 6.07 Å². The Kier molecular flexibility index (Phi) is 2.84. The van der Waals surface area contributed by atoms with Crippen molar-refractivity contribution in [2.24, 2.45) is 16.7 Å². The van der Waals surface area contributed by atoms with E-state index in [0.29, 0.717) is 23.1 Å². The van der Waals surface area contributed by atoms with Crippen LogP contribution in [0.2, 0.25) is 0 Å². The zero-order valence-corrected chi connectivity index (χ0v) is 13.8. The molecule has 0 aromatic carbocycles. The smallest absolute Gasteiger partial charge is 0.339 e. The molecule has 2 aliphatic carbocycles. The topological polar surface area (TPSA) is 78.0 Å². The third-order valence-electron chi connectivity index (χ3n) is 6.93. The quantitative estimate of drug-likeness (QED) is 0.803. The summed E-state index contributed by atoms with van der Waals surface area (Å²) in [5, 5.41) is 14.0. The number of aromatic nitrogens is 2. The molecule has 2 bridgehead atoms. The van der Waals surface area contributed by atoms with E-state index in [-0.39, 0.29) is 11.0 Å². The molecule has 2 aliphatic rings. The molecule has 2 heterocycles. The van der Waals surface area contributed by atoms with Crippen molar-refractivity contribution in [2.45, 2.75) is 46.1 Å². The molecule has 2 aromatic heterocycles. The van der Waals surface area contributed by atoms with Gasteiger partial charge in [-0.3, -0.25) is 0 Å². The van der Waals surface area contributed by atoms with Gasteiger partial charge in [-0.05, 0) is 42.1 Å². The summed E-state index contributed by atoms with van der Waals surface area (Å²) in [6.45, 7) is 7.08. The predicted octanol–water partition coefficient (Wildman–Crippen LogP) is 3.89. The molecule has 0 saturated heterocycles. The first-order valence-electron chi connectivity index (χ1n) is 8.30. The third-order valence-corrected chi connectivity index (χ3v) is 6.93. The van der Waals surface area contributed by atoms with E-state index in [1.165, 1.54) is 19.0 Å². The summed E-state index contributed by atoms with van der Waals surface area (Å²) in [4.78, 5) is 18.9. The van der Waals surface area contributed by atoms with E-state index in [1.54, 1.807) is 6.20 Å². The van der Waals surface area contributed by atoms with Crippen LogP contribution in [0.25, 0.3) is 11.0 Å². The van der Waals surface area contributed by atoms with Crippen molar-refractivity contribution in [3.05, 3.63) is 24.0 Å². The van der Waals surface area contributed by atoms with Crippen molar-refractivity contribution in [2.75, 3.05) is 5.32 Å². The lowest BCUT2D eigenvalue weighted by Gasteiger charge is -2.40. The van der Waals surface area contributed by atoms with Crippen LogP contribution in [0.1, 0.15) is 50.4 Å². The van der Waals surface area contributed by atoms with E-state index >= 15 is 0 Å². The summed E-state index contributed by atoms with van der Waals surface area (Å²) in [6.07, 6.45) is 6.84. The Morgan fingerprint density at radius 2 is 2.22 bits per heavy atom. The van der Waals surface area contributed by atoms with Gasteiger partial charge in [0.15, 0.2) is 0 Å². The number of anilines is 1. The highest BCUT2D eigenvalue weighted by Crippen LogP contribution is 2.66. The summed E-state index contributed by atoms with van der Waals surface area (Å²) in [5.74, 6) is -0.225. The number of aromatic carboxylic acids is 1. The molecule has 2 saturated carbocycles. The summed E-state index contributed by atoms with van der Waals surface area (Å²) >= 11 is 0. The minimum absolute atomic E-state index is 0.194. The average molecular weight is 313 g/mol. The van der Waals surface area contributed by atoms with Gasteiger partial charge in [0, 0.05) is 23.8 Å². The number of carboxylic acid groups (broad SMARTS) is 1. The maximum Gasteiger partial charge on any atom is 0.339 e. The van der Waals surface area contributed by atoms with Crippen LogP contribution in [-0.2, 0) is 0 Å². The highest BCUT2D eigenvalue weighted by atomic mass is 16.4. The first-order valence-corrected chi connectivity index (χ1v) is 8.30. The lowest BCUT2D eigenvalue weighted by atomic mass is 9.69. The van der Waals surface area contributed by atoms with E-state index < -0.39 is 5.97 Å². The molecular weight excluding hydrogens is 290 g/mol. The SMILES string of the molecule is CC1(C)[C@@H]2CC[C@@]1(C)[C@@H](Nc1c(C(=O)O)cnc3[nH]ccc13)C2. The summed E-state index contributed by atoms with van der Waals surface area (Å²) in [6, 6.07) is 2.20. The van der Waals surface area contributed by atoms with Gasteiger partial charge in [-0.15, -0.1) is 0 Å². The second kappa shape index (κ2) is 4.49. The van der Waals surface area contributed by atoms with Crippen molar-refractivity contribution in [1.29, 1.82) is 0 Å². The monoisotopic (exact) mass is 313 g/mol. The normalized spacial score (nSPS) is 31.6. The van der Waals surface area contributed by atoms with Gasteiger partial charge in [-0.1, -0.05) is 20.8 Å². The van der Waals surface area contributed by atoms with Crippen LogP contribution < -0.4 is 5.32 Å². The third kappa shape index (κ3) is 1.79. The van der Waals surface area contributed by atoms with E-state index in [4.69, 9.17) is 0 Å². The van der Waals surface area contributed by atoms with Crippen LogP contribution in [0, 0.1) is 16.7 Å². The maximum atomic E-state index is 11.6. The molecule has 5 nitrogen and oxygen atoms in total. The Balaban J connectivity index is 1.78. The van der Waals surface area contributed by atoms with E-state index in [9.17, 15) is 9.90 Å². The van der Waals surface area contributed by atoms with E-state index in [2.05, 4.69) is 36.1 Å². The number of nitrogens with zero attached hydrogens (tertiary/aromatic N) is 1. The molecule has 0 spiro atoms. The van der Waals surface area contributed by atoms with Crippen molar-refractivity contribution in [1.82, 2.24) is 9.97 Å². The molecule has 3 atom stereocenters. The first kappa shape index (κ1) is 14.5. The average Bonchev–Trinajstić information content (AvgIpc) is 3.10. The summed E-state index contributed by atoms with van der Waals surface area (Å²) in [5.41, 5.74) is 2.17. The Morgan fingerprint density at radius 3 is 2.83 bits per heavy atom. The van der Waals surface area contributed by atoms with Gasteiger partial charge < -0.3 is 15.4 Å². The van der Waals surface area contributed by atoms with Crippen LogP contribution >= 0.6 is 0 Å². The molecule has 0 amide bonds. The first-order chi connectivity index (χ1) is 10.8. The molecule has 0 unspecified atom stereocenters. The van der Waals surface area contributed by atoms with Crippen LogP contribution in [0.3, 0.4) is 0 Å². The maximum absolute atomic E-state index is 11.6. The largest absolute Gasteiger partial charge is 0.478 e. The number of fused-ring (bicyclic) bond motifs is 3. The number of pyridine rings is 1. The highest BCUT2D eigenvalue weighted by molar-refractivity contribution is 6.03. The fourth-order valence-corrected chi connectivity index (χ4v) is 4.92. The number of carboxylic acids is 1. The fraction of sp³-hybridized carbons (Fsp3) is 0.556. The van der Waals surface area contributed by atoms with Gasteiger partial charge >= 0.3 is 5.97 Å². The second-order valence-corrected chi connectivity index (χ2v) is 7.90. The lowest BCUT2D eigenvalue weighted by molar-refractivity contribution is 0.0697. The van der Waals surface area contributed by atoms with Gasteiger partial charge in [-0.2, -0.15) is 0 Å². The molecule has 3 N–H and O–H groups in total. The zero-order chi connectivity index (χ0) is 16.4. The van der Waals surface area contributed by atoms with Crippen LogP contribution in [0.5, 0.6) is 0 Å². The van der Waals surface area contributed by atoms with Crippen LogP contribution in [0.15, 0.2) is 18.5 Å². The number of rotatable bonds is 3. The minimum atomic E-state index is -0.935. The van der Waals surface area contributed by atoms with Crippen molar-refractivity contribution >= 4 is 22.7 Å². The van der Waals surface area contributed by atoms with Gasteiger partial charge in [0.25, 0.3) is 0 Å². The van der Waals surface area contributed by atoms with Gasteiger partial charge in [0.05, 0.1) is 5.69 Å². The highest BCUT2D eigenvalue weighted by Gasteiger charge is 2.61. The molecule has 2 fully saturated rings. The Hall–Kier alpha value is -2.04. The fourth-order valence-electron chi connectivity index (χ4n) is 4.92. The van der Waals surface area contributed by atoms with Crippen molar-refractivity contribution in [3.63, 3.8) is 0 Å². The zero-order valence-electron chi connectivity index (χ0n) is 13.8. The Morgan fingerprint density at radius 1 is 1.43 bits per heavy atom. The molecule has 4 rings (SSSR count). The standard InChI is InChI=1S/C18H23N3O2/c1-17(2)10-4-6-18(17,3)13(8-10)21-14-11-5-7-19-15(11)20-9-12(14)16(22)23/h5,7,9-10,13H,4,6,8H2,1-3H3,(H,22,23)(H2,19,20,21)/t10-,13+,18+/m1/s1.